The maximum atomic E-state index is 13.3. The zero-order valence-corrected chi connectivity index (χ0v) is 15.8. The van der Waals surface area contributed by atoms with Crippen LogP contribution in [0.25, 0.3) is 11.1 Å². The Kier molecular flexibility index (Phi) is 4.62. The molecule has 1 unspecified atom stereocenters. The molecule has 4 rings (SSSR count). The van der Waals surface area contributed by atoms with Gasteiger partial charge in [0.1, 0.15) is 11.9 Å². The lowest BCUT2D eigenvalue weighted by atomic mass is 10.0. The Morgan fingerprint density at radius 1 is 1.14 bits per heavy atom. The van der Waals surface area contributed by atoms with Gasteiger partial charge in [0.05, 0.1) is 12.1 Å². The van der Waals surface area contributed by atoms with Crippen molar-refractivity contribution in [3.63, 3.8) is 0 Å². The lowest BCUT2D eigenvalue weighted by Gasteiger charge is -2.10. The molecule has 2 amide bonds. The molecule has 0 spiro atoms. The molecule has 0 saturated heterocycles. The van der Waals surface area contributed by atoms with E-state index < -0.39 is 23.6 Å². The first-order chi connectivity index (χ1) is 13.8. The van der Waals surface area contributed by atoms with E-state index >= 15 is 0 Å². The van der Waals surface area contributed by atoms with Gasteiger partial charge in [-0.3, -0.25) is 9.59 Å². The van der Waals surface area contributed by atoms with Crippen molar-refractivity contribution in [2.24, 2.45) is 0 Å². The maximum Gasteiger partial charge on any atom is 0.251 e. The van der Waals surface area contributed by atoms with E-state index in [9.17, 15) is 18.4 Å². The number of aromatic nitrogens is 2. The Balaban J connectivity index is 1.57. The molecule has 0 radical (unpaired) electrons. The molecule has 0 saturated carbocycles. The summed E-state index contributed by atoms with van der Waals surface area (Å²) in [7, 11) is 0. The number of rotatable bonds is 4. The molecule has 6 nitrogen and oxygen atoms in total. The summed E-state index contributed by atoms with van der Waals surface area (Å²) < 4.78 is 27.9. The van der Waals surface area contributed by atoms with Crippen LogP contribution in [0.2, 0.25) is 0 Å². The van der Waals surface area contributed by atoms with Gasteiger partial charge in [-0.05, 0) is 31.5 Å². The van der Waals surface area contributed by atoms with E-state index in [1.807, 2.05) is 38.1 Å². The van der Waals surface area contributed by atoms with Crippen molar-refractivity contribution in [1.82, 2.24) is 9.78 Å². The molecule has 2 N–H and O–H groups in total. The summed E-state index contributed by atoms with van der Waals surface area (Å²) in [6.07, 6.45) is -0.188. The first-order valence-corrected chi connectivity index (χ1v) is 9.05. The maximum absolute atomic E-state index is 13.3. The largest absolute Gasteiger partial charge is 0.326 e. The number of nitrogens with one attached hydrogen (secondary N) is 2. The summed E-state index contributed by atoms with van der Waals surface area (Å²) in [6, 6.07) is 10.1. The van der Waals surface area contributed by atoms with Gasteiger partial charge < -0.3 is 10.6 Å². The first-order valence-electron chi connectivity index (χ1n) is 9.05. The summed E-state index contributed by atoms with van der Waals surface area (Å²) in [6.45, 7) is 3.83. The molecular formula is C21H18F2N4O2. The summed E-state index contributed by atoms with van der Waals surface area (Å²) in [5.74, 6) is -2.37. The van der Waals surface area contributed by atoms with Gasteiger partial charge in [0, 0.05) is 17.3 Å². The van der Waals surface area contributed by atoms with Gasteiger partial charge in [0.15, 0.2) is 11.6 Å². The van der Waals surface area contributed by atoms with Crippen molar-refractivity contribution in [2.75, 3.05) is 10.6 Å². The zero-order valence-electron chi connectivity index (χ0n) is 15.8. The van der Waals surface area contributed by atoms with Crippen LogP contribution >= 0.6 is 0 Å². The van der Waals surface area contributed by atoms with Gasteiger partial charge in [-0.1, -0.05) is 29.8 Å². The van der Waals surface area contributed by atoms with Crippen LogP contribution in [-0.2, 0) is 9.59 Å². The molecular weight excluding hydrogens is 378 g/mol. The normalized spacial score (nSPS) is 15.2. The van der Waals surface area contributed by atoms with Crippen LogP contribution < -0.4 is 10.6 Å². The Morgan fingerprint density at radius 3 is 2.55 bits per heavy atom. The van der Waals surface area contributed by atoms with Crippen molar-refractivity contribution in [3.8, 4) is 11.1 Å². The molecule has 8 heteroatoms. The quantitative estimate of drug-likeness (QED) is 0.701. The summed E-state index contributed by atoms with van der Waals surface area (Å²) in [5, 5.41) is 9.74. The van der Waals surface area contributed by atoms with Crippen molar-refractivity contribution in [2.45, 2.75) is 26.3 Å². The molecule has 3 aromatic rings. The Hall–Kier alpha value is -3.55. The molecule has 0 bridgehead atoms. The number of benzene rings is 2. The molecule has 1 aromatic heterocycles. The Bertz CT molecular complexity index is 1120. The molecule has 2 heterocycles. The summed E-state index contributed by atoms with van der Waals surface area (Å²) in [5.41, 5.74) is 3.69. The van der Waals surface area contributed by atoms with E-state index in [-0.39, 0.29) is 18.0 Å². The summed E-state index contributed by atoms with van der Waals surface area (Å²) >= 11 is 0. The van der Waals surface area contributed by atoms with Gasteiger partial charge in [-0.15, -0.1) is 0 Å². The van der Waals surface area contributed by atoms with Gasteiger partial charge in [0.25, 0.3) is 5.91 Å². The SMILES string of the molecule is Cc1ccc(-c2c(C)nn3c2NC(=O)C3CC(=O)Nc2ccc(F)c(F)c2)cc1. The molecule has 1 aliphatic rings. The molecule has 0 aliphatic carbocycles. The average Bonchev–Trinajstić information content (AvgIpc) is 3.13. The van der Waals surface area contributed by atoms with Crippen LogP contribution in [-0.4, -0.2) is 21.6 Å². The monoisotopic (exact) mass is 396 g/mol. The summed E-state index contributed by atoms with van der Waals surface area (Å²) in [4.78, 5) is 24.8. The van der Waals surface area contributed by atoms with Crippen LogP contribution in [0.4, 0.5) is 20.3 Å². The van der Waals surface area contributed by atoms with Crippen LogP contribution in [0.1, 0.15) is 23.7 Å². The van der Waals surface area contributed by atoms with E-state index in [1.165, 1.54) is 10.7 Å². The minimum atomic E-state index is -1.06. The van der Waals surface area contributed by atoms with Crippen LogP contribution in [0.3, 0.4) is 0 Å². The smallest absolute Gasteiger partial charge is 0.251 e. The van der Waals surface area contributed by atoms with E-state index in [0.717, 1.165) is 34.5 Å². The fraction of sp³-hybridized carbons (Fsp3) is 0.190. The average molecular weight is 396 g/mol. The number of aryl methyl sites for hydroxylation is 2. The van der Waals surface area contributed by atoms with E-state index in [0.29, 0.717) is 5.82 Å². The molecule has 1 atom stereocenters. The second kappa shape index (κ2) is 7.12. The Morgan fingerprint density at radius 2 is 1.86 bits per heavy atom. The first kappa shape index (κ1) is 18.8. The minimum absolute atomic E-state index is 0.115. The van der Waals surface area contributed by atoms with Crippen molar-refractivity contribution in [3.05, 3.63) is 65.4 Å². The minimum Gasteiger partial charge on any atom is -0.326 e. The topological polar surface area (TPSA) is 76.0 Å². The van der Waals surface area contributed by atoms with Gasteiger partial charge in [0.2, 0.25) is 5.91 Å². The fourth-order valence-corrected chi connectivity index (χ4v) is 3.41. The number of halogens is 2. The lowest BCUT2D eigenvalue weighted by Crippen LogP contribution is -2.23. The van der Waals surface area contributed by atoms with Crippen LogP contribution in [0.15, 0.2) is 42.5 Å². The number of amides is 2. The highest BCUT2D eigenvalue weighted by molar-refractivity contribution is 6.04. The highest BCUT2D eigenvalue weighted by atomic mass is 19.2. The van der Waals surface area contributed by atoms with Crippen molar-refractivity contribution in [1.29, 1.82) is 0 Å². The molecule has 148 valence electrons. The number of carbonyl (C=O) groups excluding carboxylic acids is 2. The van der Waals surface area contributed by atoms with E-state index in [4.69, 9.17) is 0 Å². The predicted octanol–water partition coefficient (Wildman–Crippen LogP) is 3.97. The van der Waals surface area contributed by atoms with Gasteiger partial charge >= 0.3 is 0 Å². The Labute approximate surface area is 165 Å². The standard InChI is InChI=1S/C21H18F2N4O2/c1-11-3-5-13(6-4-11)19-12(2)26-27-17(21(29)25-20(19)27)10-18(28)24-14-7-8-15(22)16(23)9-14/h3-9,17H,10H2,1-2H3,(H,24,28)(H,25,29). The highest BCUT2D eigenvalue weighted by Gasteiger charge is 2.36. The van der Waals surface area contributed by atoms with E-state index in [1.54, 1.807) is 0 Å². The number of hydrogen-bond acceptors (Lipinski definition) is 3. The van der Waals surface area contributed by atoms with Gasteiger partial charge in [-0.2, -0.15) is 5.10 Å². The van der Waals surface area contributed by atoms with Crippen molar-refractivity contribution < 1.29 is 18.4 Å². The molecule has 2 aromatic carbocycles. The van der Waals surface area contributed by atoms with E-state index in [2.05, 4.69) is 15.7 Å². The third-order valence-electron chi connectivity index (χ3n) is 4.85. The van der Waals surface area contributed by atoms with Gasteiger partial charge in [-0.25, -0.2) is 13.5 Å². The van der Waals surface area contributed by atoms with Crippen LogP contribution in [0, 0.1) is 25.5 Å². The number of fused-ring (bicyclic) bond motifs is 1. The molecule has 0 fully saturated rings. The number of anilines is 2. The third kappa shape index (κ3) is 3.49. The second-order valence-electron chi connectivity index (χ2n) is 7.01. The van der Waals surface area contributed by atoms with Crippen LogP contribution in [0.5, 0.6) is 0 Å². The predicted molar refractivity (Wildman–Crippen MR) is 104 cm³/mol. The number of hydrogen-bond donors (Lipinski definition) is 2. The zero-order chi connectivity index (χ0) is 20.7. The third-order valence-corrected chi connectivity index (χ3v) is 4.85. The highest BCUT2D eigenvalue weighted by Crippen LogP contribution is 2.38. The number of nitrogens with zero attached hydrogens (tertiary/aromatic N) is 2. The second-order valence-corrected chi connectivity index (χ2v) is 7.01. The number of carbonyl (C=O) groups is 2. The van der Waals surface area contributed by atoms with Crippen molar-refractivity contribution >= 4 is 23.3 Å². The lowest BCUT2D eigenvalue weighted by molar-refractivity contribution is -0.123. The molecule has 1 aliphatic heterocycles. The molecule has 29 heavy (non-hydrogen) atoms. The fourth-order valence-electron chi connectivity index (χ4n) is 3.41.